The van der Waals surface area contributed by atoms with E-state index in [9.17, 15) is 8.78 Å². The fourth-order valence-corrected chi connectivity index (χ4v) is 3.51. The molecule has 5 nitrogen and oxygen atoms in total. The van der Waals surface area contributed by atoms with Crippen LogP contribution in [0.4, 0.5) is 14.6 Å². The molecule has 1 unspecified atom stereocenters. The number of nitrogens with zero attached hydrogens (tertiary/aromatic N) is 5. The first kappa shape index (κ1) is 15.9. The summed E-state index contributed by atoms with van der Waals surface area (Å²) in [5.74, 6) is 0.821. The van der Waals surface area contributed by atoms with Crippen molar-refractivity contribution in [3.05, 3.63) is 41.4 Å². The molecule has 1 aliphatic rings. The van der Waals surface area contributed by atoms with E-state index in [1.807, 2.05) is 0 Å². The van der Waals surface area contributed by atoms with Crippen LogP contribution >= 0.6 is 0 Å². The van der Waals surface area contributed by atoms with Gasteiger partial charge >= 0.3 is 0 Å². The van der Waals surface area contributed by atoms with Crippen molar-refractivity contribution >= 4 is 11.6 Å². The van der Waals surface area contributed by atoms with Gasteiger partial charge in [-0.15, -0.1) is 0 Å². The zero-order chi connectivity index (χ0) is 17.7. The van der Waals surface area contributed by atoms with Crippen LogP contribution in [0, 0.1) is 31.4 Å². The highest BCUT2D eigenvalue weighted by molar-refractivity contribution is 5.80. The zero-order valence-corrected chi connectivity index (χ0v) is 14.4. The molecule has 1 fully saturated rings. The molecule has 0 radical (unpaired) electrons. The molecular formula is C18H19F2N5. The van der Waals surface area contributed by atoms with Crippen LogP contribution in [-0.4, -0.2) is 32.7 Å². The van der Waals surface area contributed by atoms with Gasteiger partial charge in [-0.25, -0.2) is 13.8 Å². The fraction of sp³-hybridized carbons (Fsp3) is 0.389. The Bertz CT molecular complexity index is 966. The van der Waals surface area contributed by atoms with E-state index < -0.39 is 11.6 Å². The van der Waals surface area contributed by atoms with Crippen molar-refractivity contribution < 1.29 is 8.78 Å². The maximum atomic E-state index is 14.7. The lowest BCUT2D eigenvalue weighted by Crippen LogP contribution is -2.24. The summed E-state index contributed by atoms with van der Waals surface area (Å²) < 4.78 is 30.5. The number of hydrogen-bond donors (Lipinski definition) is 0. The molecule has 130 valence electrons. The number of halogens is 2. The van der Waals surface area contributed by atoms with Gasteiger partial charge in [0.1, 0.15) is 23.8 Å². The van der Waals surface area contributed by atoms with E-state index in [4.69, 9.17) is 0 Å². The third-order valence-electron chi connectivity index (χ3n) is 4.82. The van der Waals surface area contributed by atoms with Crippen molar-refractivity contribution in [3.63, 3.8) is 0 Å². The second-order valence-corrected chi connectivity index (χ2v) is 6.79. The van der Waals surface area contributed by atoms with E-state index in [0.29, 0.717) is 23.0 Å². The van der Waals surface area contributed by atoms with Crippen LogP contribution in [0.2, 0.25) is 0 Å². The summed E-state index contributed by atoms with van der Waals surface area (Å²) in [5, 5.41) is 4.27. The van der Waals surface area contributed by atoms with Crippen molar-refractivity contribution in [2.45, 2.75) is 27.2 Å². The van der Waals surface area contributed by atoms with Crippen molar-refractivity contribution in [2.75, 3.05) is 18.0 Å². The third kappa shape index (κ3) is 2.54. The Labute approximate surface area is 144 Å². The van der Waals surface area contributed by atoms with Gasteiger partial charge in [-0.1, -0.05) is 6.92 Å². The molecule has 0 spiro atoms. The summed E-state index contributed by atoms with van der Waals surface area (Å²) in [6, 6.07) is 2.48. The average molecular weight is 343 g/mol. The van der Waals surface area contributed by atoms with Crippen LogP contribution in [0.5, 0.6) is 0 Å². The van der Waals surface area contributed by atoms with Gasteiger partial charge in [-0.2, -0.15) is 14.6 Å². The second kappa shape index (κ2) is 5.75. The summed E-state index contributed by atoms with van der Waals surface area (Å²) in [6.07, 6.45) is 2.47. The number of benzene rings is 1. The first-order valence-corrected chi connectivity index (χ1v) is 8.37. The Morgan fingerprint density at radius 1 is 1.16 bits per heavy atom. The maximum absolute atomic E-state index is 14.7. The van der Waals surface area contributed by atoms with Crippen LogP contribution in [0.1, 0.15) is 24.6 Å². The SMILES string of the molecule is Cc1cc(F)c(-c2c(C)nc3ncnn3c2N2CCC(C)C2)cc1F. The van der Waals surface area contributed by atoms with Crippen LogP contribution in [0.15, 0.2) is 18.5 Å². The molecule has 7 heteroatoms. The van der Waals surface area contributed by atoms with Gasteiger partial charge in [0.05, 0.1) is 5.69 Å². The van der Waals surface area contributed by atoms with E-state index in [2.05, 4.69) is 26.9 Å². The molecule has 1 aromatic carbocycles. The number of aryl methyl sites for hydroxylation is 2. The first-order chi connectivity index (χ1) is 12.0. The molecule has 0 saturated carbocycles. The Morgan fingerprint density at radius 3 is 2.68 bits per heavy atom. The number of anilines is 1. The van der Waals surface area contributed by atoms with Gasteiger partial charge in [0.25, 0.3) is 5.78 Å². The summed E-state index contributed by atoms with van der Waals surface area (Å²) in [5.41, 5.74) is 1.67. The van der Waals surface area contributed by atoms with Gasteiger partial charge in [-0.05, 0) is 43.9 Å². The summed E-state index contributed by atoms with van der Waals surface area (Å²) in [4.78, 5) is 10.8. The molecule has 0 bridgehead atoms. The van der Waals surface area contributed by atoms with Crippen molar-refractivity contribution in [3.8, 4) is 11.1 Å². The quantitative estimate of drug-likeness (QED) is 0.714. The second-order valence-electron chi connectivity index (χ2n) is 6.79. The van der Waals surface area contributed by atoms with Gasteiger partial charge in [-0.3, -0.25) is 0 Å². The first-order valence-electron chi connectivity index (χ1n) is 8.37. The minimum atomic E-state index is -0.461. The largest absolute Gasteiger partial charge is 0.356 e. The molecular weight excluding hydrogens is 324 g/mol. The molecule has 2 aromatic heterocycles. The van der Waals surface area contributed by atoms with Crippen LogP contribution in [0.3, 0.4) is 0 Å². The zero-order valence-electron chi connectivity index (χ0n) is 14.4. The monoisotopic (exact) mass is 343 g/mol. The lowest BCUT2D eigenvalue weighted by atomic mass is 10.0. The predicted octanol–water partition coefficient (Wildman–Crippen LogP) is 3.53. The molecule has 1 atom stereocenters. The Kier molecular flexibility index (Phi) is 3.67. The maximum Gasteiger partial charge on any atom is 0.254 e. The highest BCUT2D eigenvalue weighted by atomic mass is 19.1. The molecule has 0 amide bonds. The highest BCUT2D eigenvalue weighted by Gasteiger charge is 2.28. The predicted molar refractivity (Wildman–Crippen MR) is 91.6 cm³/mol. The minimum Gasteiger partial charge on any atom is -0.356 e. The summed E-state index contributed by atoms with van der Waals surface area (Å²) in [7, 11) is 0. The Balaban J connectivity index is 2.03. The summed E-state index contributed by atoms with van der Waals surface area (Å²) in [6.45, 7) is 7.20. The molecule has 1 saturated heterocycles. The van der Waals surface area contributed by atoms with Crippen molar-refractivity contribution in [1.29, 1.82) is 0 Å². The Morgan fingerprint density at radius 2 is 1.96 bits per heavy atom. The molecule has 0 N–H and O–H groups in total. The molecule has 4 rings (SSSR count). The van der Waals surface area contributed by atoms with E-state index in [1.165, 1.54) is 18.5 Å². The van der Waals surface area contributed by atoms with Gasteiger partial charge in [0.2, 0.25) is 0 Å². The van der Waals surface area contributed by atoms with E-state index in [-0.39, 0.29) is 11.1 Å². The van der Waals surface area contributed by atoms with Gasteiger partial charge in [0, 0.05) is 24.2 Å². The minimum absolute atomic E-state index is 0.208. The lowest BCUT2D eigenvalue weighted by Gasteiger charge is -2.23. The van der Waals surface area contributed by atoms with E-state index in [0.717, 1.165) is 25.3 Å². The lowest BCUT2D eigenvalue weighted by molar-refractivity contribution is 0.595. The van der Waals surface area contributed by atoms with Crippen LogP contribution in [0.25, 0.3) is 16.9 Å². The van der Waals surface area contributed by atoms with Gasteiger partial charge < -0.3 is 4.90 Å². The average Bonchev–Trinajstić information content (AvgIpc) is 3.18. The molecule has 3 heterocycles. The number of hydrogen-bond acceptors (Lipinski definition) is 4. The van der Waals surface area contributed by atoms with Crippen molar-refractivity contribution in [1.82, 2.24) is 19.6 Å². The summed E-state index contributed by atoms with van der Waals surface area (Å²) >= 11 is 0. The smallest absolute Gasteiger partial charge is 0.254 e. The van der Waals surface area contributed by atoms with E-state index in [1.54, 1.807) is 18.4 Å². The molecule has 0 aliphatic carbocycles. The molecule has 25 heavy (non-hydrogen) atoms. The number of rotatable bonds is 2. The Hall–Kier alpha value is -2.57. The van der Waals surface area contributed by atoms with Gasteiger partial charge in [0.15, 0.2) is 0 Å². The number of fused-ring (bicyclic) bond motifs is 1. The number of aromatic nitrogens is 4. The molecule has 1 aliphatic heterocycles. The van der Waals surface area contributed by atoms with Crippen molar-refractivity contribution in [2.24, 2.45) is 5.92 Å². The van der Waals surface area contributed by atoms with Crippen LogP contribution < -0.4 is 4.90 Å². The normalized spacial score (nSPS) is 17.6. The fourth-order valence-electron chi connectivity index (χ4n) is 3.51. The highest BCUT2D eigenvalue weighted by Crippen LogP contribution is 2.37. The van der Waals surface area contributed by atoms with Crippen LogP contribution in [-0.2, 0) is 0 Å². The van der Waals surface area contributed by atoms with E-state index >= 15 is 0 Å². The third-order valence-corrected chi connectivity index (χ3v) is 4.82. The standard InChI is InChI=1S/C18H19F2N5/c1-10-4-5-24(8-10)17-16(12(3)23-18-21-9-22-25(17)18)13-7-14(19)11(2)6-15(13)20/h6-7,9-10H,4-5,8H2,1-3H3. The molecule has 3 aromatic rings. The topological polar surface area (TPSA) is 46.3 Å².